The zero-order valence-corrected chi connectivity index (χ0v) is 16.8. The van der Waals surface area contributed by atoms with Crippen LogP contribution in [0.2, 0.25) is 0 Å². The van der Waals surface area contributed by atoms with Gasteiger partial charge in [-0.25, -0.2) is 4.90 Å². The van der Waals surface area contributed by atoms with E-state index in [9.17, 15) is 9.59 Å². The Hall–Kier alpha value is -3.40. The van der Waals surface area contributed by atoms with Crippen LogP contribution in [0.1, 0.15) is 35.1 Å². The van der Waals surface area contributed by atoms with E-state index in [4.69, 9.17) is 4.74 Å². The molecule has 2 bridgehead atoms. The molecule has 0 spiro atoms. The maximum atomic E-state index is 13.9. The predicted octanol–water partition coefficient (Wildman–Crippen LogP) is 4.27. The number of hydrogen-bond donors (Lipinski definition) is 0. The van der Waals surface area contributed by atoms with Gasteiger partial charge >= 0.3 is 0 Å². The number of para-hydroxylation sites is 2. The lowest BCUT2D eigenvalue weighted by molar-refractivity contribution is -0.123. The summed E-state index contributed by atoms with van der Waals surface area (Å²) in [6.45, 7) is 2.13. The second-order valence-electron chi connectivity index (χ2n) is 8.54. The normalized spacial score (nSPS) is 28.2. The van der Waals surface area contributed by atoms with Crippen molar-refractivity contribution in [3.8, 4) is 5.75 Å². The van der Waals surface area contributed by atoms with Crippen molar-refractivity contribution >= 4 is 17.5 Å². The van der Waals surface area contributed by atoms with Crippen LogP contribution in [0.15, 0.2) is 72.8 Å². The molecule has 0 aromatic heterocycles. The molecule has 0 saturated carbocycles. The molecule has 1 heterocycles. The number of anilines is 1. The van der Waals surface area contributed by atoms with Crippen LogP contribution in [-0.2, 0) is 15.0 Å². The first-order valence-corrected chi connectivity index (χ1v) is 10.3. The van der Waals surface area contributed by atoms with Gasteiger partial charge in [-0.2, -0.15) is 0 Å². The highest BCUT2D eigenvalue weighted by Gasteiger charge is 2.66. The molecule has 1 fully saturated rings. The van der Waals surface area contributed by atoms with Gasteiger partial charge in [-0.3, -0.25) is 9.59 Å². The first kappa shape index (κ1) is 17.5. The average molecular weight is 395 g/mol. The van der Waals surface area contributed by atoms with Crippen LogP contribution in [0.5, 0.6) is 5.75 Å². The van der Waals surface area contributed by atoms with Crippen LogP contribution < -0.4 is 9.64 Å². The van der Waals surface area contributed by atoms with Gasteiger partial charge in [0.25, 0.3) is 0 Å². The smallest absolute Gasteiger partial charge is 0.239 e. The van der Waals surface area contributed by atoms with E-state index in [-0.39, 0.29) is 17.7 Å². The SMILES string of the molecule is COc1ccccc1N1C(=O)[C@@H]2C3c4ccccc4C(C)(c4ccccc43)[C@H]2C1=O. The van der Waals surface area contributed by atoms with E-state index >= 15 is 0 Å². The lowest BCUT2D eigenvalue weighted by atomic mass is 9.48. The molecular weight excluding hydrogens is 374 g/mol. The lowest BCUT2D eigenvalue weighted by Gasteiger charge is -2.52. The predicted molar refractivity (Wildman–Crippen MR) is 114 cm³/mol. The van der Waals surface area contributed by atoms with Gasteiger partial charge in [0.15, 0.2) is 0 Å². The Kier molecular flexibility index (Phi) is 3.39. The second kappa shape index (κ2) is 5.82. The van der Waals surface area contributed by atoms with Gasteiger partial charge in [-0.15, -0.1) is 0 Å². The highest BCUT2D eigenvalue weighted by atomic mass is 16.5. The monoisotopic (exact) mass is 395 g/mol. The van der Waals surface area contributed by atoms with E-state index in [0.717, 1.165) is 11.1 Å². The standard InChI is InChI=1S/C26H21NO3/c1-26-17-11-5-3-9-15(17)21(16-10-4-6-12-18(16)26)22-23(26)25(29)27(24(22)28)19-13-7-8-14-20(19)30-2/h3-14,21-23H,1-2H3/t21?,22-,23-,26?/m1/s1. The van der Waals surface area contributed by atoms with Crippen molar-refractivity contribution in [2.24, 2.45) is 11.8 Å². The lowest BCUT2D eigenvalue weighted by Crippen LogP contribution is -2.51. The number of imide groups is 1. The molecule has 7 rings (SSSR count). The number of benzene rings is 3. The number of carbonyl (C=O) groups is 2. The molecule has 0 radical (unpaired) electrons. The van der Waals surface area contributed by atoms with Crippen molar-refractivity contribution in [1.29, 1.82) is 0 Å². The highest BCUT2D eigenvalue weighted by Crippen LogP contribution is 2.64. The fourth-order valence-electron chi connectivity index (χ4n) is 6.20. The largest absolute Gasteiger partial charge is 0.495 e. The van der Waals surface area contributed by atoms with Crippen LogP contribution in [0.25, 0.3) is 0 Å². The fraction of sp³-hybridized carbons (Fsp3) is 0.231. The summed E-state index contributed by atoms with van der Waals surface area (Å²) in [6, 6.07) is 23.9. The van der Waals surface area contributed by atoms with Crippen LogP contribution in [-0.4, -0.2) is 18.9 Å². The molecule has 2 atom stereocenters. The number of ether oxygens (including phenoxy) is 1. The van der Waals surface area contributed by atoms with Crippen LogP contribution in [0, 0.1) is 11.8 Å². The Morgan fingerprint density at radius 2 is 1.37 bits per heavy atom. The molecular formula is C26H21NO3. The molecule has 4 aliphatic rings. The van der Waals surface area contributed by atoms with Crippen LogP contribution >= 0.6 is 0 Å². The Morgan fingerprint density at radius 3 is 2.00 bits per heavy atom. The maximum Gasteiger partial charge on any atom is 0.239 e. The molecule has 30 heavy (non-hydrogen) atoms. The van der Waals surface area contributed by atoms with Gasteiger partial charge < -0.3 is 4.74 Å². The van der Waals surface area contributed by atoms with E-state index in [2.05, 4.69) is 31.2 Å². The van der Waals surface area contributed by atoms with Crippen molar-refractivity contribution in [3.63, 3.8) is 0 Å². The van der Waals surface area contributed by atoms with Gasteiger partial charge in [0.05, 0.1) is 24.6 Å². The van der Waals surface area contributed by atoms with E-state index in [1.807, 2.05) is 36.4 Å². The number of hydrogen-bond acceptors (Lipinski definition) is 3. The summed E-state index contributed by atoms with van der Waals surface area (Å²) < 4.78 is 5.48. The number of amides is 2. The third-order valence-corrected chi connectivity index (χ3v) is 7.37. The minimum Gasteiger partial charge on any atom is -0.495 e. The van der Waals surface area contributed by atoms with Gasteiger partial charge in [0.2, 0.25) is 11.8 Å². The fourth-order valence-corrected chi connectivity index (χ4v) is 6.20. The van der Waals surface area contributed by atoms with Crippen molar-refractivity contribution in [3.05, 3.63) is 95.1 Å². The molecule has 3 aromatic rings. The number of rotatable bonds is 2. The number of methoxy groups -OCH3 is 1. The Balaban J connectivity index is 1.62. The summed E-state index contributed by atoms with van der Waals surface area (Å²) in [5, 5.41) is 0. The summed E-state index contributed by atoms with van der Waals surface area (Å²) >= 11 is 0. The minimum atomic E-state index is -0.546. The molecule has 0 N–H and O–H groups in total. The van der Waals surface area contributed by atoms with E-state index in [0.29, 0.717) is 11.4 Å². The van der Waals surface area contributed by atoms with Crippen molar-refractivity contribution in [2.75, 3.05) is 12.0 Å². The molecule has 3 aliphatic carbocycles. The molecule has 0 unspecified atom stereocenters. The van der Waals surface area contributed by atoms with Gasteiger partial charge in [-0.1, -0.05) is 67.6 Å². The molecule has 148 valence electrons. The number of carbonyl (C=O) groups excluding carboxylic acids is 2. The van der Waals surface area contributed by atoms with E-state index in [1.54, 1.807) is 19.2 Å². The summed E-state index contributed by atoms with van der Waals surface area (Å²) in [6.07, 6.45) is 0. The van der Waals surface area contributed by atoms with Gasteiger partial charge in [0, 0.05) is 11.3 Å². The average Bonchev–Trinajstić information content (AvgIpc) is 3.05. The molecule has 3 aromatic carbocycles. The molecule has 4 heteroatoms. The minimum absolute atomic E-state index is 0.111. The van der Waals surface area contributed by atoms with Gasteiger partial charge in [0.1, 0.15) is 5.75 Å². The third-order valence-electron chi connectivity index (χ3n) is 7.37. The molecule has 1 aliphatic heterocycles. The highest BCUT2D eigenvalue weighted by molar-refractivity contribution is 6.24. The van der Waals surface area contributed by atoms with Crippen molar-refractivity contribution in [2.45, 2.75) is 18.3 Å². The summed E-state index contributed by atoms with van der Waals surface area (Å²) in [5.74, 6) is -0.673. The quantitative estimate of drug-likeness (QED) is 0.609. The molecule has 1 saturated heterocycles. The Labute approximate surface area is 175 Å². The van der Waals surface area contributed by atoms with E-state index in [1.165, 1.54) is 16.0 Å². The first-order chi connectivity index (χ1) is 14.6. The summed E-state index contributed by atoms with van der Waals surface area (Å²) in [7, 11) is 1.56. The molecule has 4 nitrogen and oxygen atoms in total. The second-order valence-corrected chi connectivity index (χ2v) is 8.54. The number of nitrogens with zero attached hydrogens (tertiary/aromatic N) is 1. The van der Waals surface area contributed by atoms with Crippen LogP contribution in [0.4, 0.5) is 5.69 Å². The Morgan fingerprint density at radius 1 is 0.800 bits per heavy atom. The summed E-state index contributed by atoms with van der Waals surface area (Å²) in [5.41, 5.74) is 4.65. The Bertz CT molecular complexity index is 1180. The van der Waals surface area contributed by atoms with Crippen LogP contribution in [0.3, 0.4) is 0 Å². The van der Waals surface area contributed by atoms with Gasteiger partial charge in [-0.05, 0) is 34.4 Å². The van der Waals surface area contributed by atoms with Crippen molar-refractivity contribution < 1.29 is 14.3 Å². The molecule has 2 amide bonds. The summed E-state index contributed by atoms with van der Waals surface area (Å²) in [4.78, 5) is 29.1. The van der Waals surface area contributed by atoms with Crippen molar-refractivity contribution in [1.82, 2.24) is 0 Å². The first-order valence-electron chi connectivity index (χ1n) is 10.3. The maximum absolute atomic E-state index is 13.9. The van der Waals surface area contributed by atoms with E-state index < -0.39 is 17.3 Å². The topological polar surface area (TPSA) is 46.6 Å². The zero-order chi connectivity index (χ0) is 20.6. The third kappa shape index (κ3) is 1.87. The zero-order valence-electron chi connectivity index (χ0n) is 16.8.